The van der Waals surface area contributed by atoms with Crippen molar-refractivity contribution < 1.29 is 4.79 Å². The van der Waals surface area contributed by atoms with Crippen LogP contribution in [0.15, 0.2) is 34.7 Å². The van der Waals surface area contributed by atoms with E-state index in [1.165, 1.54) is 23.1 Å². The lowest BCUT2D eigenvalue weighted by atomic mass is 10.0. The summed E-state index contributed by atoms with van der Waals surface area (Å²) < 4.78 is 0.800. The maximum absolute atomic E-state index is 13.0. The third-order valence-electron chi connectivity index (χ3n) is 3.50. The minimum absolute atomic E-state index is 0.109. The second-order valence-corrected chi connectivity index (χ2v) is 9.03. The molecule has 1 amide bonds. The second-order valence-electron chi connectivity index (χ2n) is 6.46. The van der Waals surface area contributed by atoms with Crippen LogP contribution in [0.2, 0.25) is 0 Å². The highest BCUT2D eigenvalue weighted by molar-refractivity contribution is 8.02. The lowest BCUT2D eigenvalue weighted by Gasteiger charge is -2.37. The van der Waals surface area contributed by atoms with E-state index in [-0.39, 0.29) is 16.7 Å². The van der Waals surface area contributed by atoms with Gasteiger partial charge in [-0.1, -0.05) is 53.4 Å². The van der Waals surface area contributed by atoms with E-state index in [4.69, 9.17) is 0 Å². The number of nitrogens with zero attached hydrogens (tertiary/aromatic N) is 3. The van der Waals surface area contributed by atoms with Gasteiger partial charge in [0.05, 0.1) is 5.25 Å². The third-order valence-corrected chi connectivity index (χ3v) is 5.62. The van der Waals surface area contributed by atoms with Crippen LogP contribution < -0.4 is 5.32 Å². The quantitative estimate of drug-likeness (QED) is 0.788. The number of rotatable bonds is 6. The van der Waals surface area contributed by atoms with Crippen LogP contribution in [0.4, 0.5) is 5.13 Å². The average Bonchev–Trinajstić information content (AvgIpc) is 2.99. The Morgan fingerprint density at radius 3 is 2.50 bits per heavy atom. The van der Waals surface area contributed by atoms with Gasteiger partial charge in [-0.2, -0.15) is 0 Å². The summed E-state index contributed by atoms with van der Waals surface area (Å²) in [6.45, 7) is 8.73. The van der Waals surface area contributed by atoms with E-state index in [2.05, 4.69) is 36.3 Å². The number of carbonyl (C=O) groups is 1. The Morgan fingerprint density at radius 1 is 1.29 bits per heavy atom. The van der Waals surface area contributed by atoms with Gasteiger partial charge in [-0.25, -0.2) is 0 Å². The summed E-state index contributed by atoms with van der Waals surface area (Å²) in [6, 6.07) is 10.1. The molecule has 24 heavy (non-hydrogen) atoms. The normalized spacial score (nSPS) is 12.7. The van der Waals surface area contributed by atoms with Gasteiger partial charge >= 0.3 is 0 Å². The van der Waals surface area contributed by atoms with Crippen LogP contribution in [0.25, 0.3) is 0 Å². The van der Waals surface area contributed by atoms with Crippen LogP contribution in [0, 0.1) is 0 Å². The van der Waals surface area contributed by atoms with Gasteiger partial charge in [-0.15, -0.1) is 10.2 Å². The van der Waals surface area contributed by atoms with E-state index in [9.17, 15) is 4.79 Å². The molecule has 7 heteroatoms. The highest BCUT2D eigenvalue weighted by Gasteiger charge is 2.30. The molecule has 1 heterocycles. The largest absolute Gasteiger partial charge is 0.363 e. The number of anilines is 1. The van der Waals surface area contributed by atoms with Gasteiger partial charge in [-0.05, 0) is 33.3 Å². The average molecular weight is 365 g/mol. The molecule has 5 nitrogen and oxygen atoms in total. The number of benzene rings is 1. The van der Waals surface area contributed by atoms with E-state index in [0.717, 1.165) is 15.0 Å². The molecule has 1 N–H and O–H groups in total. The molecule has 1 aromatic carbocycles. The van der Waals surface area contributed by atoms with E-state index in [1.54, 1.807) is 0 Å². The van der Waals surface area contributed by atoms with Crippen LogP contribution in [-0.4, -0.2) is 38.8 Å². The Bertz CT molecular complexity index is 667. The fraction of sp³-hybridized carbons (Fsp3) is 0.471. The first-order valence-electron chi connectivity index (χ1n) is 7.84. The molecule has 0 bridgehead atoms. The first kappa shape index (κ1) is 18.7. The smallest absolute Gasteiger partial charge is 0.236 e. The number of carbonyl (C=O) groups excluding carboxylic acids is 1. The van der Waals surface area contributed by atoms with Crippen molar-refractivity contribution in [3.8, 4) is 0 Å². The molecule has 0 saturated heterocycles. The lowest BCUT2D eigenvalue weighted by molar-refractivity contribution is -0.135. The van der Waals surface area contributed by atoms with Gasteiger partial charge in [0, 0.05) is 19.1 Å². The molecule has 2 aromatic rings. The zero-order valence-corrected chi connectivity index (χ0v) is 16.4. The van der Waals surface area contributed by atoms with Crippen molar-refractivity contribution in [3.63, 3.8) is 0 Å². The van der Waals surface area contributed by atoms with Crippen LogP contribution in [0.3, 0.4) is 0 Å². The number of aromatic nitrogens is 2. The topological polar surface area (TPSA) is 58.1 Å². The molecule has 0 spiro atoms. The highest BCUT2D eigenvalue weighted by atomic mass is 32.2. The Labute approximate surface area is 151 Å². The summed E-state index contributed by atoms with van der Waals surface area (Å²) >= 11 is 2.92. The summed E-state index contributed by atoms with van der Waals surface area (Å²) in [7, 11) is 1.81. The Kier molecular flexibility index (Phi) is 6.23. The van der Waals surface area contributed by atoms with Gasteiger partial charge in [0.2, 0.25) is 11.0 Å². The standard InChI is InChI=1S/C17H24N4OS2/c1-12(23-16-20-19-15(18-5)24-16)14(22)21(17(2,3)4)11-13-9-7-6-8-10-13/h6-10,12H,11H2,1-5H3,(H,18,19)/t12-/m0/s1. The number of hydrogen-bond acceptors (Lipinski definition) is 6. The minimum Gasteiger partial charge on any atom is -0.363 e. The molecule has 1 aromatic heterocycles. The molecule has 0 radical (unpaired) electrons. The van der Waals surface area contributed by atoms with E-state index in [0.29, 0.717) is 6.54 Å². The van der Waals surface area contributed by atoms with Gasteiger partial charge in [0.15, 0.2) is 4.34 Å². The molecule has 130 valence electrons. The van der Waals surface area contributed by atoms with Gasteiger partial charge in [0.1, 0.15) is 0 Å². The molecular formula is C17H24N4OS2. The fourth-order valence-electron chi connectivity index (χ4n) is 2.19. The van der Waals surface area contributed by atoms with Crippen LogP contribution >= 0.6 is 23.1 Å². The molecule has 2 rings (SSSR count). The van der Waals surface area contributed by atoms with Crippen LogP contribution in [0.1, 0.15) is 33.3 Å². The second kappa shape index (κ2) is 7.98. The SMILES string of the molecule is CNc1nnc(S[C@@H](C)C(=O)N(Cc2ccccc2)C(C)(C)C)s1. The first-order chi connectivity index (χ1) is 11.3. The van der Waals surface area contributed by atoms with Gasteiger partial charge in [0.25, 0.3) is 0 Å². The molecule has 0 aliphatic rings. The van der Waals surface area contributed by atoms with Crippen molar-refractivity contribution in [2.24, 2.45) is 0 Å². The van der Waals surface area contributed by atoms with Crippen LogP contribution in [0.5, 0.6) is 0 Å². The highest BCUT2D eigenvalue weighted by Crippen LogP contribution is 2.31. The Morgan fingerprint density at radius 2 is 1.96 bits per heavy atom. The molecule has 0 saturated carbocycles. The zero-order chi connectivity index (χ0) is 17.7. The number of hydrogen-bond donors (Lipinski definition) is 1. The van der Waals surface area contributed by atoms with Crippen molar-refractivity contribution in [1.29, 1.82) is 0 Å². The summed E-state index contributed by atoms with van der Waals surface area (Å²) in [6.07, 6.45) is 0. The fourth-order valence-corrected chi connectivity index (χ4v) is 4.10. The molecule has 0 aliphatic heterocycles. The summed E-state index contributed by atoms with van der Waals surface area (Å²) in [5, 5.41) is 11.6. The van der Waals surface area contributed by atoms with Gasteiger partial charge < -0.3 is 10.2 Å². The predicted octanol–water partition coefficient (Wildman–Crippen LogP) is 3.89. The van der Waals surface area contributed by atoms with Crippen molar-refractivity contribution in [2.75, 3.05) is 12.4 Å². The molecule has 0 unspecified atom stereocenters. The monoisotopic (exact) mass is 364 g/mol. The first-order valence-corrected chi connectivity index (χ1v) is 9.54. The molecule has 0 fully saturated rings. The number of amides is 1. The van der Waals surface area contributed by atoms with Crippen molar-refractivity contribution in [2.45, 2.75) is 49.4 Å². The zero-order valence-electron chi connectivity index (χ0n) is 14.7. The number of thioether (sulfide) groups is 1. The van der Waals surface area contributed by atoms with E-state index >= 15 is 0 Å². The summed E-state index contributed by atoms with van der Waals surface area (Å²) in [5.41, 5.74) is 0.880. The van der Waals surface area contributed by atoms with Crippen molar-refractivity contribution >= 4 is 34.1 Å². The molecule has 1 atom stereocenters. The van der Waals surface area contributed by atoms with Crippen LogP contribution in [-0.2, 0) is 11.3 Å². The minimum atomic E-state index is -0.251. The van der Waals surface area contributed by atoms with E-state index < -0.39 is 0 Å². The van der Waals surface area contributed by atoms with E-state index in [1.807, 2.05) is 49.2 Å². The summed E-state index contributed by atoms with van der Waals surface area (Å²) in [5.74, 6) is 0.109. The molecule has 0 aliphatic carbocycles. The van der Waals surface area contributed by atoms with Crippen molar-refractivity contribution in [1.82, 2.24) is 15.1 Å². The Hall–Kier alpha value is -1.60. The lowest BCUT2D eigenvalue weighted by Crippen LogP contribution is -2.48. The van der Waals surface area contributed by atoms with Crippen molar-refractivity contribution in [3.05, 3.63) is 35.9 Å². The third kappa shape index (κ3) is 4.95. The van der Waals surface area contributed by atoms with Gasteiger partial charge in [-0.3, -0.25) is 4.79 Å². The maximum Gasteiger partial charge on any atom is 0.236 e. The molecular weight excluding hydrogens is 340 g/mol. The predicted molar refractivity (Wildman–Crippen MR) is 102 cm³/mol. The number of nitrogens with one attached hydrogen (secondary N) is 1. The Balaban J connectivity index is 2.11. The maximum atomic E-state index is 13.0. The summed E-state index contributed by atoms with van der Waals surface area (Å²) in [4.78, 5) is 15.0.